The van der Waals surface area contributed by atoms with Gasteiger partial charge in [-0.1, -0.05) is 0 Å². The van der Waals surface area contributed by atoms with E-state index < -0.39 is 5.97 Å². The maximum Gasteiger partial charge on any atom is 0.303 e. The predicted molar refractivity (Wildman–Crippen MR) is 66.5 cm³/mol. The number of carboxylic acid groups (broad SMARTS) is 1. The minimum atomic E-state index is -0.853. The van der Waals surface area contributed by atoms with Gasteiger partial charge in [0.15, 0.2) is 5.78 Å². The lowest BCUT2D eigenvalue weighted by Gasteiger charge is -2.08. The van der Waals surface area contributed by atoms with Crippen LogP contribution in [0.15, 0.2) is 12.1 Å². The first-order valence-electron chi connectivity index (χ1n) is 5.74. The van der Waals surface area contributed by atoms with E-state index in [-0.39, 0.29) is 12.2 Å². The number of aryl methyl sites for hydroxylation is 2. The summed E-state index contributed by atoms with van der Waals surface area (Å²) in [6.45, 7) is 6.00. The number of carbonyl (C=O) groups excluding carboxylic acids is 1. The molecule has 1 aromatic rings. The van der Waals surface area contributed by atoms with Crippen molar-refractivity contribution >= 4 is 11.8 Å². The monoisotopic (exact) mass is 234 g/mol. The highest BCUT2D eigenvalue weighted by Crippen LogP contribution is 2.17. The Morgan fingerprint density at radius 2 is 1.59 bits per heavy atom. The molecule has 3 heteroatoms. The first kappa shape index (κ1) is 13.4. The van der Waals surface area contributed by atoms with Crippen LogP contribution in [0.1, 0.15) is 46.3 Å². The summed E-state index contributed by atoms with van der Waals surface area (Å²) in [5.74, 6) is -0.827. The molecule has 0 fully saturated rings. The lowest BCUT2D eigenvalue weighted by molar-refractivity contribution is -0.137. The Bertz CT molecular complexity index is 424. The molecule has 0 aliphatic heterocycles. The van der Waals surface area contributed by atoms with Crippen LogP contribution in [0.2, 0.25) is 0 Å². The lowest BCUT2D eigenvalue weighted by Crippen LogP contribution is -2.03. The highest BCUT2D eigenvalue weighted by molar-refractivity contribution is 5.96. The highest BCUT2D eigenvalue weighted by atomic mass is 16.4. The Morgan fingerprint density at radius 1 is 1.06 bits per heavy atom. The van der Waals surface area contributed by atoms with Crippen LogP contribution in [-0.2, 0) is 4.79 Å². The van der Waals surface area contributed by atoms with Crippen molar-refractivity contribution in [1.82, 2.24) is 0 Å². The third-order valence-corrected chi connectivity index (χ3v) is 3.04. The smallest absolute Gasteiger partial charge is 0.303 e. The zero-order valence-electron chi connectivity index (χ0n) is 10.5. The van der Waals surface area contributed by atoms with Gasteiger partial charge in [-0.25, -0.2) is 0 Å². The molecule has 0 saturated heterocycles. The number of aliphatic carboxylic acids is 1. The van der Waals surface area contributed by atoms with Gasteiger partial charge in [0, 0.05) is 18.4 Å². The summed E-state index contributed by atoms with van der Waals surface area (Å²) in [5, 5.41) is 8.51. The fourth-order valence-corrected chi connectivity index (χ4v) is 1.74. The number of Topliss-reactive ketones (excluding diaryl/α,β-unsaturated/α-hetero) is 1. The van der Waals surface area contributed by atoms with Gasteiger partial charge in [0.25, 0.3) is 0 Å². The maximum absolute atomic E-state index is 11.8. The Kier molecular flexibility index (Phi) is 4.44. The van der Waals surface area contributed by atoms with E-state index in [1.54, 1.807) is 0 Å². The molecule has 0 aliphatic rings. The molecule has 0 unspecified atom stereocenters. The third-order valence-electron chi connectivity index (χ3n) is 3.04. The third kappa shape index (κ3) is 3.70. The van der Waals surface area contributed by atoms with Crippen molar-refractivity contribution in [3.63, 3.8) is 0 Å². The van der Waals surface area contributed by atoms with Crippen molar-refractivity contribution in [3.05, 3.63) is 34.4 Å². The quantitative estimate of drug-likeness (QED) is 0.797. The van der Waals surface area contributed by atoms with Crippen LogP contribution in [0, 0.1) is 20.8 Å². The van der Waals surface area contributed by atoms with E-state index in [2.05, 4.69) is 0 Å². The average molecular weight is 234 g/mol. The highest BCUT2D eigenvalue weighted by Gasteiger charge is 2.09. The number of hydrogen-bond donors (Lipinski definition) is 1. The predicted octanol–water partition coefficient (Wildman–Crippen LogP) is 3.05. The molecule has 0 heterocycles. The molecular formula is C14H18O3. The molecular weight excluding hydrogens is 216 g/mol. The van der Waals surface area contributed by atoms with Crippen molar-refractivity contribution in [2.75, 3.05) is 0 Å². The summed E-state index contributed by atoms with van der Waals surface area (Å²) in [6, 6.07) is 3.76. The molecule has 92 valence electrons. The van der Waals surface area contributed by atoms with Gasteiger partial charge < -0.3 is 5.11 Å². The van der Waals surface area contributed by atoms with Crippen LogP contribution in [0.3, 0.4) is 0 Å². The molecule has 3 nitrogen and oxygen atoms in total. The van der Waals surface area contributed by atoms with Gasteiger partial charge in [0.05, 0.1) is 0 Å². The van der Waals surface area contributed by atoms with E-state index in [4.69, 9.17) is 5.11 Å². The SMILES string of the molecule is Cc1cc(C(=O)CCCC(=O)O)cc(C)c1C. The average Bonchev–Trinajstić information content (AvgIpc) is 2.24. The summed E-state index contributed by atoms with van der Waals surface area (Å²) in [7, 11) is 0. The van der Waals surface area contributed by atoms with Crippen LogP contribution in [-0.4, -0.2) is 16.9 Å². The standard InChI is InChI=1S/C14H18O3/c1-9-7-12(8-10(2)11(9)3)13(15)5-4-6-14(16)17/h7-8H,4-6H2,1-3H3,(H,16,17). The molecule has 0 aromatic heterocycles. The second-order valence-corrected chi connectivity index (χ2v) is 4.41. The van der Waals surface area contributed by atoms with Gasteiger partial charge in [0.2, 0.25) is 0 Å². The Hall–Kier alpha value is -1.64. The second kappa shape index (κ2) is 5.62. The molecule has 0 spiro atoms. The van der Waals surface area contributed by atoms with E-state index in [9.17, 15) is 9.59 Å². The molecule has 1 N–H and O–H groups in total. The Labute approximate surface area is 101 Å². The summed E-state index contributed by atoms with van der Waals surface area (Å²) >= 11 is 0. The zero-order chi connectivity index (χ0) is 13.0. The van der Waals surface area contributed by atoms with E-state index >= 15 is 0 Å². The minimum Gasteiger partial charge on any atom is -0.481 e. The summed E-state index contributed by atoms with van der Waals surface area (Å²) in [6.07, 6.45) is 0.754. The minimum absolute atomic E-state index is 0.0254. The van der Waals surface area contributed by atoms with Gasteiger partial charge in [-0.05, 0) is 56.0 Å². The largest absolute Gasteiger partial charge is 0.481 e. The number of benzene rings is 1. The zero-order valence-corrected chi connectivity index (χ0v) is 10.5. The first-order chi connectivity index (χ1) is 7.91. The van der Waals surface area contributed by atoms with Crippen LogP contribution >= 0.6 is 0 Å². The molecule has 0 atom stereocenters. The van der Waals surface area contributed by atoms with Gasteiger partial charge in [0.1, 0.15) is 0 Å². The van der Waals surface area contributed by atoms with Gasteiger partial charge >= 0.3 is 5.97 Å². The molecule has 0 aliphatic carbocycles. The van der Waals surface area contributed by atoms with Gasteiger partial charge in [-0.2, -0.15) is 0 Å². The second-order valence-electron chi connectivity index (χ2n) is 4.41. The summed E-state index contributed by atoms with van der Waals surface area (Å²) in [4.78, 5) is 22.2. The van der Waals surface area contributed by atoms with E-state index in [0.717, 1.165) is 11.1 Å². The number of ketones is 1. The van der Waals surface area contributed by atoms with Crippen LogP contribution < -0.4 is 0 Å². The van der Waals surface area contributed by atoms with Crippen molar-refractivity contribution < 1.29 is 14.7 Å². The molecule has 1 rings (SSSR count). The number of carbonyl (C=O) groups is 2. The van der Waals surface area contributed by atoms with Crippen molar-refractivity contribution in [2.45, 2.75) is 40.0 Å². The number of carboxylic acids is 1. The first-order valence-corrected chi connectivity index (χ1v) is 5.74. The lowest BCUT2D eigenvalue weighted by atomic mass is 9.97. The van der Waals surface area contributed by atoms with Gasteiger partial charge in [-0.3, -0.25) is 9.59 Å². The fraction of sp³-hybridized carbons (Fsp3) is 0.429. The Morgan fingerprint density at radius 3 is 2.06 bits per heavy atom. The van der Waals surface area contributed by atoms with Crippen molar-refractivity contribution in [2.24, 2.45) is 0 Å². The number of hydrogen-bond acceptors (Lipinski definition) is 2. The fourth-order valence-electron chi connectivity index (χ4n) is 1.74. The molecule has 0 saturated carbocycles. The normalized spacial score (nSPS) is 10.3. The summed E-state index contributed by atoms with van der Waals surface area (Å²) < 4.78 is 0. The van der Waals surface area contributed by atoms with E-state index in [1.807, 2.05) is 32.9 Å². The molecule has 17 heavy (non-hydrogen) atoms. The van der Waals surface area contributed by atoms with Crippen LogP contribution in [0.4, 0.5) is 0 Å². The topological polar surface area (TPSA) is 54.4 Å². The van der Waals surface area contributed by atoms with E-state index in [1.165, 1.54) is 5.56 Å². The van der Waals surface area contributed by atoms with Crippen LogP contribution in [0.5, 0.6) is 0 Å². The molecule has 0 radical (unpaired) electrons. The van der Waals surface area contributed by atoms with Gasteiger partial charge in [-0.15, -0.1) is 0 Å². The molecule has 0 bridgehead atoms. The Balaban J connectivity index is 2.73. The van der Waals surface area contributed by atoms with Crippen LogP contribution in [0.25, 0.3) is 0 Å². The molecule has 0 amide bonds. The molecule has 1 aromatic carbocycles. The van der Waals surface area contributed by atoms with E-state index in [0.29, 0.717) is 18.4 Å². The van der Waals surface area contributed by atoms with Crippen molar-refractivity contribution in [1.29, 1.82) is 0 Å². The number of rotatable bonds is 5. The van der Waals surface area contributed by atoms with Crippen molar-refractivity contribution in [3.8, 4) is 0 Å². The maximum atomic E-state index is 11.8. The summed E-state index contributed by atoms with van der Waals surface area (Å²) in [5.41, 5.74) is 4.10.